The Labute approximate surface area is 182 Å². The quantitative estimate of drug-likeness (QED) is 0.449. The lowest BCUT2D eigenvalue weighted by molar-refractivity contribution is 0.602. The molecule has 0 unspecified atom stereocenters. The Morgan fingerprint density at radius 1 is 1.03 bits per heavy atom. The first kappa shape index (κ1) is 20.7. The molecule has 4 aromatic rings. The van der Waals surface area contributed by atoms with Crippen LogP contribution in [0.25, 0.3) is 28.6 Å². The van der Waals surface area contributed by atoms with Gasteiger partial charge in [-0.2, -0.15) is 10.3 Å². The zero-order valence-electron chi connectivity index (χ0n) is 18.2. The third-order valence-electron chi connectivity index (χ3n) is 4.95. The molecular formula is C24H27N7. The molecule has 0 aliphatic heterocycles. The van der Waals surface area contributed by atoms with Crippen molar-refractivity contribution in [2.75, 3.05) is 0 Å². The molecule has 2 heterocycles. The molecule has 0 bridgehead atoms. The molecule has 7 nitrogen and oxygen atoms in total. The van der Waals surface area contributed by atoms with Gasteiger partial charge in [-0.25, -0.2) is 9.67 Å². The molecule has 158 valence electrons. The van der Waals surface area contributed by atoms with E-state index in [1.165, 1.54) is 5.56 Å². The SMILES string of the molecule is CCC=Cc1nc(CC(C)C)nn1Cc1ccc(-c2ccccc2-c2nn[nH]n2)cc1. The maximum Gasteiger partial charge on any atom is 0.205 e. The summed E-state index contributed by atoms with van der Waals surface area (Å²) in [7, 11) is 0. The number of hydrogen-bond donors (Lipinski definition) is 1. The van der Waals surface area contributed by atoms with Crippen LogP contribution in [0.4, 0.5) is 0 Å². The zero-order valence-corrected chi connectivity index (χ0v) is 18.2. The summed E-state index contributed by atoms with van der Waals surface area (Å²) in [5, 5.41) is 19.2. The van der Waals surface area contributed by atoms with E-state index in [-0.39, 0.29) is 0 Å². The van der Waals surface area contributed by atoms with Gasteiger partial charge in [0, 0.05) is 12.0 Å². The number of nitrogens with one attached hydrogen (secondary N) is 1. The molecule has 0 radical (unpaired) electrons. The van der Waals surface area contributed by atoms with Gasteiger partial charge in [0.05, 0.1) is 6.54 Å². The molecule has 1 N–H and O–H groups in total. The minimum atomic E-state index is 0.525. The third-order valence-corrected chi connectivity index (χ3v) is 4.95. The smallest absolute Gasteiger partial charge is 0.205 e. The number of allylic oxidation sites excluding steroid dienone is 1. The number of aromatic nitrogens is 7. The summed E-state index contributed by atoms with van der Waals surface area (Å²) in [6.45, 7) is 7.18. The van der Waals surface area contributed by atoms with Gasteiger partial charge in [0.15, 0.2) is 11.6 Å². The monoisotopic (exact) mass is 413 g/mol. The lowest BCUT2D eigenvalue weighted by atomic mass is 9.98. The van der Waals surface area contributed by atoms with Crippen LogP contribution in [0.3, 0.4) is 0 Å². The van der Waals surface area contributed by atoms with Crippen molar-refractivity contribution in [3.8, 4) is 22.5 Å². The second-order valence-electron chi connectivity index (χ2n) is 7.93. The van der Waals surface area contributed by atoms with Crippen LogP contribution in [-0.2, 0) is 13.0 Å². The topological polar surface area (TPSA) is 85.2 Å². The van der Waals surface area contributed by atoms with E-state index in [9.17, 15) is 0 Å². The van der Waals surface area contributed by atoms with Crippen LogP contribution < -0.4 is 0 Å². The van der Waals surface area contributed by atoms with Gasteiger partial charge in [0.2, 0.25) is 5.82 Å². The Morgan fingerprint density at radius 2 is 1.81 bits per heavy atom. The van der Waals surface area contributed by atoms with Crippen molar-refractivity contribution in [1.29, 1.82) is 0 Å². The highest BCUT2D eigenvalue weighted by molar-refractivity contribution is 5.80. The summed E-state index contributed by atoms with van der Waals surface area (Å²) in [6, 6.07) is 16.6. The van der Waals surface area contributed by atoms with Crippen molar-refractivity contribution in [3.63, 3.8) is 0 Å². The first-order chi connectivity index (χ1) is 15.1. The molecule has 0 saturated carbocycles. The summed E-state index contributed by atoms with van der Waals surface area (Å²) in [5.41, 5.74) is 4.30. The van der Waals surface area contributed by atoms with E-state index in [0.717, 1.165) is 41.2 Å². The van der Waals surface area contributed by atoms with Crippen LogP contribution in [0.1, 0.15) is 44.4 Å². The van der Waals surface area contributed by atoms with Crippen LogP contribution >= 0.6 is 0 Å². The van der Waals surface area contributed by atoms with Crippen LogP contribution in [-0.4, -0.2) is 35.4 Å². The lowest BCUT2D eigenvalue weighted by Crippen LogP contribution is -2.05. The largest absolute Gasteiger partial charge is 0.242 e. The van der Waals surface area contributed by atoms with Gasteiger partial charge in [-0.05, 0) is 40.3 Å². The highest BCUT2D eigenvalue weighted by Crippen LogP contribution is 2.29. The molecule has 31 heavy (non-hydrogen) atoms. The van der Waals surface area contributed by atoms with Crippen molar-refractivity contribution in [2.45, 2.75) is 40.2 Å². The van der Waals surface area contributed by atoms with E-state index in [2.05, 4.69) is 83.9 Å². The number of hydrogen-bond acceptors (Lipinski definition) is 5. The number of nitrogens with zero attached hydrogens (tertiary/aromatic N) is 6. The van der Waals surface area contributed by atoms with E-state index < -0.39 is 0 Å². The fourth-order valence-corrected chi connectivity index (χ4v) is 3.49. The van der Waals surface area contributed by atoms with E-state index in [0.29, 0.717) is 18.3 Å². The summed E-state index contributed by atoms with van der Waals surface area (Å²) >= 11 is 0. The van der Waals surface area contributed by atoms with E-state index in [1.807, 2.05) is 22.9 Å². The summed E-state index contributed by atoms with van der Waals surface area (Å²) in [4.78, 5) is 4.73. The minimum absolute atomic E-state index is 0.525. The molecule has 0 amide bonds. The Kier molecular flexibility index (Phi) is 6.31. The lowest BCUT2D eigenvalue weighted by Gasteiger charge is -2.09. The summed E-state index contributed by atoms with van der Waals surface area (Å²) in [5.74, 6) is 2.92. The van der Waals surface area contributed by atoms with Gasteiger partial charge in [0.25, 0.3) is 0 Å². The predicted octanol–water partition coefficient (Wildman–Crippen LogP) is 4.80. The first-order valence-electron chi connectivity index (χ1n) is 10.7. The standard InChI is InChI=1S/C24H27N7/c1-4-5-10-23-25-22(15-17(2)3)28-31(23)16-18-11-13-19(14-12-18)20-8-6-7-9-21(20)24-26-29-30-27-24/h5-14,17H,4,15-16H2,1-3H3,(H,26,27,29,30). The fourth-order valence-electron chi connectivity index (χ4n) is 3.49. The van der Waals surface area contributed by atoms with Crippen molar-refractivity contribution in [2.24, 2.45) is 5.92 Å². The molecule has 0 aliphatic rings. The average molecular weight is 414 g/mol. The molecule has 2 aromatic heterocycles. The number of benzene rings is 2. The molecule has 0 atom stereocenters. The normalized spacial score (nSPS) is 11.6. The van der Waals surface area contributed by atoms with Gasteiger partial charge < -0.3 is 0 Å². The average Bonchev–Trinajstić information content (AvgIpc) is 3.43. The van der Waals surface area contributed by atoms with Gasteiger partial charge in [-0.1, -0.05) is 75.4 Å². The summed E-state index contributed by atoms with van der Waals surface area (Å²) < 4.78 is 1.99. The van der Waals surface area contributed by atoms with Gasteiger partial charge >= 0.3 is 0 Å². The first-order valence-corrected chi connectivity index (χ1v) is 10.7. The Morgan fingerprint density at radius 3 is 2.48 bits per heavy atom. The zero-order chi connectivity index (χ0) is 21.6. The van der Waals surface area contributed by atoms with E-state index in [4.69, 9.17) is 10.1 Å². The highest BCUT2D eigenvalue weighted by atomic mass is 15.5. The Bertz CT molecular complexity index is 1140. The van der Waals surface area contributed by atoms with Gasteiger partial charge in [0.1, 0.15) is 0 Å². The molecule has 0 saturated heterocycles. The predicted molar refractivity (Wildman–Crippen MR) is 122 cm³/mol. The minimum Gasteiger partial charge on any atom is -0.242 e. The van der Waals surface area contributed by atoms with Crippen LogP contribution in [0.2, 0.25) is 0 Å². The molecule has 4 rings (SSSR count). The van der Waals surface area contributed by atoms with Crippen LogP contribution in [0.5, 0.6) is 0 Å². The molecule has 7 heteroatoms. The maximum atomic E-state index is 4.75. The number of aromatic amines is 1. The number of rotatable bonds is 8. The number of H-pyrrole nitrogens is 1. The van der Waals surface area contributed by atoms with E-state index >= 15 is 0 Å². The van der Waals surface area contributed by atoms with Crippen LogP contribution in [0.15, 0.2) is 54.6 Å². The van der Waals surface area contributed by atoms with Crippen molar-refractivity contribution in [3.05, 3.63) is 71.8 Å². The van der Waals surface area contributed by atoms with Crippen molar-refractivity contribution < 1.29 is 0 Å². The maximum absolute atomic E-state index is 4.75. The second kappa shape index (κ2) is 9.47. The van der Waals surface area contributed by atoms with Crippen molar-refractivity contribution in [1.82, 2.24) is 35.4 Å². The molecule has 2 aromatic carbocycles. The van der Waals surface area contributed by atoms with Crippen LogP contribution in [0, 0.1) is 5.92 Å². The van der Waals surface area contributed by atoms with Crippen molar-refractivity contribution >= 4 is 6.08 Å². The van der Waals surface area contributed by atoms with E-state index in [1.54, 1.807) is 0 Å². The molecule has 0 aliphatic carbocycles. The Hall–Kier alpha value is -3.61. The summed E-state index contributed by atoms with van der Waals surface area (Å²) in [6.07, 6.45) is 6.04. The molecule has 0 fully saturated rings. The van der Waals surface area contributed by atoms with Gasteiger partial charge in [-0.3, -0.25) is 0 Å². The number of tetrazole rings is 1. The highest BCUT2D eigenvalue weighted by Gasteiger charge is 2.12. The third kappa shape index (κ3) is 4.94. The molecular weight excluding hydrogens is 386 g/mol. The Balaban J connectivity index is 1.59. The fraction of sp³-hybridized carbons (Fsp3) is 0.292. The molecule has 0 spiro atoms. The van der Waals surface area contributed by atoms with Gasteiger partial charge in [-0.15, -0.1) is 10.2 Å². The second-order valence-corrected chi connectivity index (χ2v) is 7.93.